The highest BCUT2D eigenvalue weighted by atomic mass is 16.5. The van der Waals surface area contributed by atoms with Gasteiger partial charge < -0.3 is 9.84 Å². The molecule has 1 aliphatic rings. The van der Waals surface area contributed by atoms with E-state index in [9.17, 15) is 5.11 Å². The van der Waals surface area contributed by atoms with E-state index in [4.69, 9.17) is 4.74 Å². The van der Waals surface area contributed by atoms with Crippen molar-refractivity contribution in [2.45, 2.75) is 57.5 Å². The summed E-state index contributed by atoms with van der Waals surface area (Å²) in [6.45, 7) is 4.35. The van der Waals surface area contributed by atoms with Crippen molar-refractivity contribution in [1.29, 1.82) is 0 Å². The molecule has 1 N–H and O–H groups in total. The Kier molecular flexibility index (Phi) is 3.96. The molecule has 0 aromatic heterocycles. The summed E-state index contributed by atoms with van der Waals surface area (Å²) in [5, 5.41) is 10.9. The van der Waals surface area contributed by atoms with Crippen molar-refractivity contribution in [2.75, 3.05) is 7.11 Å². The van der Waals surface area contributed by atoms with Crippen LogP contribution >= 0.6 is 0 Å². The fraction of sp³-hybridized carbons (Fsp3) is 0.625. The zero-order valence-electron chi connectivity index (χ0n) is 11.7. The molecule has 0 saturated heterocycles. The van der Waals surface area contributed by atoms with Crippen LogP contribution in [-0.2, 0) is 5.60 Å². The van der Waals surface area contributed by atoms with Crippen molar-refractivity contribution in [3.05, 3.63) is 29.3 Å². The van der Waals surface area contributed by atoms with Gasteiger partial charge in [0.15, 0.2) is 0 Å². The first-order chi connectivity index (χ1) is 8.57. The van der Waals surface area contributed by atoms with Crippen LogP contribution in [0.25, 0.3) is 0 Å². The highest BCUT2D eigenvalue weighted by Gasteiger charge is 2.34. The van der Waals surface area contributed by atoms with Gasteiger partial charge in [0.2, 0.25) is 0 Å². The Morgan fingerprint density at radius 2 is 1.83 bits per heavy atom. The van der Waals surface area contributed by atoms with Crippen LogP contribution in [0.2, 0.25) is 0 Å². The van der Waals surface area contributed by atoms with Crippen LogP contribution in [0.4, 0.5) is 0 Å². The van der Waals surface area contributed by atoms with Crippen LogP contribution in [0.3, 0.4) is 0 Å². The van der Waals surface area contributed by atoms with Crippen molar-refractivity contribution < 1.29 is 9.84 Å². The zero-order valence-corrected chi connectivity index (χ0v) is 11.7. The molecule has 0 amide bonds. The number of ether oxygens (including phenoxy) is 1. The first kappa shape index (κ1) is 13.4. The maximum atomic E-state index is 10.9. The second kappa shape index (κ2) is 5.31. The van der Waals surface area contributed by atoms with E-state index < -0.39 is 5.60 Å². The second-order valence-corrected chi connectivity index (χ2v) is 5.71. The lowest BCUT2D eigenvalue weighted by molar-refractivity contribution is -0.00265. The molecule has 1 aromatic carbocycles. The molecule has 2 nitrogen and oxygen atoms in total. The molecule has 0 bridgehead atoms. The molecule has 1 saturated carbocycles. The SMILES string of the molecule is COc1ccc(C(C)C)cc1C1(O)CCCCC1. The van der Waals surface area contributed by atoms with E-state index in [2.05, 4.69) is 26.0 Å². The molecule has 2 heteroatoms. The molecule has 100 valence electrons. The van der Waals surface area contributed by atoms with Gasteiger partial charge in [0.05, 0.1) is 12.7 Å². The smallest absolute Gasteiger partial charge is 0.124 e. The van der Waals surface area contributed by atoms with Gasteiger partial charge in [-0.15, -0.1) is 0 Å². The summed E-state index contributed by atoms with van der Waals surface area (Å²) in [6, 6.07) is 6.23. The van der Waals surface area contributed by atoms with Crippen LogP contribution in [0.15, 0.2) is 18.2 Å². The number of hydrogen-bond donors (Lipinski definition) is 1. The lowest BCUT2D eigenvalue weighted by Crippen LogP contribution is -2.29. The molecule has 0 atom stereocenters. The van der Waals surface area contributed by atoms with Crippen molar-refractivity contribution in [1.82, 2.24) is 0 Å². The average molecular weight is 248 g/mol. The quantitative estimate of drug-likeness (QED) is 0.877. The molecule has 0 heterocycles. The molecular formula is C16H24O2. The van der Waals surface area contributed by atoms with Gasteiger partial charge >= 0.3 is 0 Å². The summed E-state index contributed by atoms with van der Waals surface area (Å²) >= 11 is 0. The summed E-state index contributed by atoms with van der Waals surface area (Å²) in [5.74, 6) is 1.30. The molecule has 2 rings (SSSR count). The molecule has 0 unspecified atom stereocenters. The summed E-state index contributed by atoms with van der Waals surface area (Å²) in [4.78, 5) is 0. The van der Waals surface area contributed by atoms with E-state index in [-0.39, 0.29) is 0 Å². The fourth-order valence-corrected chi connectivity index (χ4v) is 2.85. The van der Waals surface area contributed by atoms with Gasteiger partial charge in [-0.2, -0.15) is 0 Å². The topological polar surface area (TPSA) is 29.5 Å². The Morgan fingerprint density at radius 1 is 1.17 bits per heavy atom. The van der Waals surface area contributed by atoms with Gasteiger partial charge in [-0.3, -0.25) is 0 Å². The summed E-state index contributed by atoms with van der Waals surface area (Å²) in [6.07, 6.45) is 5.14. The van der Waals surface area contributed by atoms with Gasteiger partial charge in [-0.25, -0.2) is 0 Å². The van der Waals surface area contributed by atoms with Crippen molar-refractivity contribution in [3.8, 4) is 5.75 Å². The standard InChI is InChI=1S/C16H24O2/c1-12(2)13-7-8-15(18-3)14(11-13)16(17)9-5-4-6-10-16/h7-8,11-12,17H,4-6,9-10H2,1-3H3. The maximum absolute atomic E-state index is 10.9. The predicted octanol–water partition coefficient (Wildman–Crippen LogP) is 3.97. The van der Waals surface area contributed by atoms with Crippen molar-refractivity contribution >= 4 is 0 Å². The van der Waals surface area contributed by atoms with Crippen LogP contribution in [0.1, 0.15) is 63.0 Å². The molecule has 0 spiro atoms. The molecule has 18 heavy (non-hydrogen) atoms. The minimum atomic E-state index is -0.686. The highest BCUT2D eigenvalue weighted by Crippen LogP contribution is 2.42. The number of methoxy groups -OCH3 is 1. The van der Waals surface area contributed by atoms with Crippen LogP contribution in [-0.4, -0.2) is 12.2 Å². The van der Waals surface area contributed by atoms with Gasteiger partial charge in [0.25, 0.3) is 0 Å². The number of benzene rings is 1. The number of hydrogen-bond acceptors (Lipinski definition) is 2. The Labute approximate surface area is 110 Å². The molecule has 0 aliphatic heterocycles. The summed E-state index contributed by atoms with van der Waals surface area (Å²) < 4.78 is 5.44. The second-order valence-electron chi connectivity index (χ2n) is 5.71. The largest absolute Gasteiger partial charge is 0.496 e. The first-order valence-corrected chi connectivity index (χ1v) is 6.97. The minimum Gasteiger partial charge on any atom is -0.496 e. The Morgan fingerprint density at radius 3 is 2.39 bits per heavy atom. The van der Waals surface area contributed by atoms with E-state index in [0.717, 1.165) is 37.0 Å². The average Bonchev–Trinajstić information content (AvgIpc) is 2.38. The van der Waals surface area contributed by atoms with Gasteiger partial charge in [0, 0.05) is 5.56 Å². The van der Waals surface area contributed by atoms with Crippen LogP contribution < -0.4 is 4.74 Å². The number of rotatable bonds is 3. The van der Waals surface area contributed by atoms with E-state index in [0.29, 0.717) is 5.92 Å². The van der Waals surface area contributed by atoms with E-state index in [1.165, 1.54) is 12.0 Å². The summed E-state index contributed by atoms with van der Waals surface area (Å²) in [7, 11) is 1.68. The lowest BCUT2D eigenvalue weighted by Gasteiger charge is -2.34. The first-order valence-electron chi connectivity index (χ1n) is 6.97. The van der Waals surface area contributed by atoms with E-state index in [1.807, 2.05) is 6.07 Å². The molecule has 1 fully saturated rings. The third-order valence-corrected chi connectivity index (χ3v) is 4.07. The zero-order chi connectivity index (χ0) is 13.2. The third-order valence-electron chi connectivity index (χ3n) is 4.07. The Bertz CT molecular complexity index is 404. The van der Waals surface area contributed by atoms with E-state index >= 15 is 0 Å². The third kappa shape index (κ3) is 2.54. The Hall–Kier alpha value is -1.02. The predicted molar refractivity (Wildman–Crippen MR) is 74.1 cm³/mol. The summed E-state index contributed by atoms with van der Waals surface area (Å²) in [5.41, 5.74) is 1.56. The maximum Gasteiger partial charge on any atom is 0.124 e. The molecule has 1 aromatic rings. The Balaban J connectivity index is 2.42. The van der Waals surface area contributed by atoms with Crippen LogP contribution in [0, 0.1) is 0 Å². The van der Waals surface area contributed by atoms with Crippen LogP contribution in [0.5, 0.6) is 5.75 Å². The number of aliphatic hydroxyl groups is 1. The molecular weight excluding hydrogens is 224 g/mol. The minimum absolute atomic E-state index is 0.474. The lowest BCUT2D eigenvalue weighted by atomic mass is 9.78. The molecule has 1 aliphatic carbocycles. The van der Waals surface area contributed by atoms with Gasteiger partial charge in [-0.1, -0.05) is 39.2 Å². The highest BCUT2D eigenvalue weighted by molar-refractivity contribution is 5.42. The van der Waals surface area contributed by atoms with E-state index in [1.54, 1.807) is 7.11 Å². The van der Waals surface area contributed by atoms with Crippen molar-refractivity contribution in [2.24, 2.45) is 0 Å². The fourth-order valence-electron chi connectivity index (χ4n) is 2.85. The van der Waals surface area contributed by atoms with Gasteiger partial charge in [-0.05, 0) is 36.5 Å². The molecule has 0 radical (unpaired) electrons. The monoisotopic (exact) mass is 248 g/mol. The van der Waals surface area contributed by atoms with Gasteiger partial charge in [0.1, 0.15) is 5.75 Å². The normalized spacial score (nSPS) is 18.9. The van der Waals surface area contributed by atoms with Crippen molar-refractivity contribution in [3.63, 3.8) is 0 Å².